The third kappa shape index (κ3) is 4.18. The van der Waals surface area contributed by atoms with Gasteiger partial charge in [0.2, 0.25) is 5.91 Å². The molecule has 1 fully saturated rings. The largest absolute Gasteiger partial charge is 0.378 e. The molecule has 1 saturated heterocycles. The van der Waals surface area contributed by atoms with Crippen LogP contribution in [0.3, 0.4) is 0 Å². The van der Waals surface area contributed by atoms with E-state index in [2.05, 4.69) is 20.4 Å². The van der Waals surface area contributed by atoms with Gasteiger partial charge < -0.3 is 15.0 Å². The van der Waals surface area contributed by atoms with Crippen LogP contribution < -0.4 is 10.2 Å². The lowest BCUT2D eigenvalue weighted by molar-refractivity contribution is -0.115. The number of thioether (sulfide) groups is 1. The summed E-state index contributed by atoms with van der Waals surface area (Å²) in [6.07, 6.45) is 0. The average Bonchev–Trinajstić information content (AvgIpc) is 3.08. The van der Waals surface area contributed by atoms with E-state index in [0.29, 0.717) is 18.2 Å². The highest BCUT2D eigenvalue weighted by atomic mass is 35.5. The summed E-state index contributed by atoms with van der Waals surface area (Å²) in [6.45, 7) is 4.66. The van der Waals surface area contributed by atoms with Gasteiger partial charge in [0.25, 0.3) is 0 Å². The predicted octanol–water partition coefficient (Wildman–Crippen LogP) is 3.15. The third-order valence-corrected chi connectivity index (χ3v) is 5.78. The summed E-state index contributed by atoms with van der Waals surface area (Å²) in [6, 6.07) is 5.54. The second-order valence-corrected chi connectivity index (χ2v) is 8.02. The number of rotatable bonds is 5. The zero-order chi connectivity index (χ0) is 16.9. The molecule has 1 amide bonds. The Labute approximate surface area is 153 Å². The number of hydrogen-bond donors (Lipinski definition) is 1. The molecule has 3 rings (SSSR count). The molecule has 9 heteroatoms. The fourth-order valence-corrected chi connectivity index (χ4v) is 4.30. The summed E-state index contributed by atoms with van der Waals surface area (Å²) in [5.41, 5.74) is 3.23. The number of morpholine rings is 1. The topological polar surface area (TPSA) is 67.4 Å². The van der Waals surface area contributed by atoms with Crippen molar-refractivity contribution in [3.63, 3.8) is 0 Å². The van der Waals surface area contributed by atoms with Gasteiger partial charge in [-0.3, -0.25) is 4.79 Å². The number of aromatic nitrogens is 2. The first-order valence-electron chi connectivity index (χ1n) is 7.50. The van der Waals surface area contributed by atoms with Gasteiger partial charge in [0.05, 0.1) is 34.9 Å². The second-order valence-electron chi connectivity index (χ2n) is 5.19. The highest BCUT2D eigenvalue weighted by Crippen LogP contribution is 2.35. The van der Waals surface area contributed by atoms with Crippen molar-refractivity contribution in [3.05, 3.63) is 28.7 Å². The molecule has 6 nitrogen and oxygen atoms in total. The smallest absolute Gasteiger partial charge is 0.237 e. The molecular weight excluding hydrogens is 368 g/mol. The Morgan fingerprint density at radius 2 is 2.25 bits per heavy atom. The highest BCUT2D eigenvalue weighted by molar-refractivity contribution is 8.02. The van der Waals surface area contributed by atoms with Crippen LogP contribution >= 0.6 is 34.7 Å². The molecule has 0 spiro atoms. The van der Waals surface area contributed by atoms with Crippen LogP contribution in [0.4, 0.5) is 11.4 Å². The van der Waals surface area contributed by atoms with Crippen LogP contribution in [-0.4, -0.2) is 47.7 Å². The molecular formula is C15H17ClN4O2S2. The molecule has 1 aliphatic rings. The van der Waals surface area contributed by atoms with Crippen molar-refractivity contribution in [2.24, 2.45) is 0 Å². The zero-order valence-corrected chi connectivity index (χ0v) is 15.5. The molecule has 2 aromatic rings. The number of carbonyl (C=O) groups excluding carboxylic acids is 1. The van der Waals surface area contributed by atoms with Gasteiger partial charge in [0, 0.05) is 13.1 Å². The quantitative estimate of drug-likeness (QED) is 0.799. The standard InChI is InChI=1S/C15H17ClN4O2S2/c1-10(24-15-19-17-9-23-15)14(21)18-12-4-2-3-11(16)13(12)20-5-7-22-8-6-20/h2-4,9-10H,5-8H2,1H3,(H,18,21)/t10-/m0/s1. The minimum Gasteiger partial charge on any atom is -0.378 e. The van der Waals surface area contributed by atoms with Crippen molar-refractivity contribution < 1.29 is 9.53 Å². The number of para-hydroxylation sites is 1. The first-order chi connectivity index (χ1) is 11.6. The highest BCUT2D eigenvalue weighted by Gasteiger charge is 2.21. The van der Waals surface area contributed by atoms with Crippen LogP contribution in [0.1, 0.15) is 6.92 Å². The Bertz CT molecular complexity index is 693. The molecule has 1 aliphatic heterocycles. The van der Waals surface area contributed by atoms with Gasteiger partial charge in [-0.15, -0.1) is 10.2 Å². The Hall–Kier alpha value is -1.35. The molecule has 0 saturated carbocycles. The first kappa shape index (κ1) is 17.5. The van der Waals surface area contributed by atoms with E-state index in [9.17, 15) is 4.79 Å². The van der Waals surface area contributed by atoms with E-state index >= 15 is 0 Å². The molecule has 24 heavy (non-hydrogen) atoms. The van der Waals surface area contributed by atoms with Crippen molar-refractivity contribution in [2.45, 2.75) is 16.5 Å². The Kier molecular flexibility index (Phi) is 5.94. The summed E-state index contributed by atoms with van der Waals surface area (Å²) >= 11 is 9.20. The van der Waals surface area contributed by atoms with E-state index in [-0.39, 0.29) is 11.2 Å². The number of nitrogens with zero attached hydrogens (tertiary/aromatic N) is 3. The first-order valence-corrected chi connectivity index (χ1v) is 9.64. The molecule has 1 atom stereocenters. The van der Waals surface area contributed by atoms with E-state index in [4.69, 9.17) is 16.3 Å². The molecule has 0 radical (unpaired) electrons. The van der Waals surface area contributed by atoms with Crippen molar-refractivity contribution >= 4 is 52.0 Å². The van der Waals surface area contributed by atoms with Crippen LogP contribution in [0.5, 0.6) is 0 Å². The molecule has 1 N–H and O–H groups in total. The van der Waals surface area contributed by atoms with Crippen LogP contribution in [0.25, 0.3) is 0 Å². The van der Waals surface area contributed by atoms with E-state index in [1.54, 1.807) is 5.51 Å². The van der Waals surface area contributed by atoms with Gasteiger partial charge in [0.1, 0.15) is 5.51 Å². The van der Waals surface area contributed by atoms with Crippen LogP contribution in [0, 0.1) is 0 Å². The number of benzene rings is 1. The fraction of sp³-hybridized carbons (Fsp3) is 0.400. The summed E-state index contributed by atoms with van der Waals surface area (Å²) in [5, 5.41) is 11.1. The maximum absolute atomic E-state index is 12.5. The van der Waals surface area contributed by atoms with Crippen molar-refractivity contribution in [1.82, 2.24) is 10.2 Å². The van der Waals surface area contributed by atoms with Crippen molar-refractivity contribution in [1.29, 1.82) is 0 Å². The minimum absolute atomic E-state index is 0.0908. The maximum Gasteiger partial charge on any atom is 0.237 e. The Balaban J connectivity index is 1.74. The third-order valence-electron chi connectivity index (χ3n) is 3.56. The summed E-state index contributed by atoms with van der Waals surface area (Å²) in [7, 11) is 0. The SMILES string of the molecule is C[C@H](Sc1nncs1)C(=O)Nc1cccc(Cl)c1N1CCOCC1. The maximum atomic E-state index is 12.5. The van der Waals surface area contributed by atoms with Gasteiger partial charge in [-0.1, -0.05) is 40.8 Å². The monoisotopic (exact) mass is 384 g/mol. The molecule has 0 aliphatic carbocycles. The lowest BCUT2D eigenvalue weighted by Crippen LogP contribution is -2.37. The van der Waals surface area contributed by atoms with E-state index in [1.165, 1.54) is 23.1 Å². The number of carbonyl (C=O) groups is 1. The molecule has 1 aromatic carbocycles. The van der Waals surface area contributed by atoms with Gasteiger partial charge in [-0.05, 0) is 19.1 Å². The summed E-state index contributed by atoms with van der Waals surface area (Å²) < 4.78 is 6.17. The van der Waals surface area contributed by atoms with Gasteiger partial charge in [0.15, 0.2) is 4.34 Å². The molecule has 2 heterocycles. The summed E-state index contributed by atoms with van der Waals surface area (Å²) in [5.74, 6) is -0.0908. The van der Waals surface area contributed by atoms with Crippen molar-refractivity contribution in [3.8, 4) is 0 Å². The van der Waals surface area contributed by atoms with Crippen LogP contribution in [0.15, 0.2) is 28.0 Å². The number of hydrogen-bond acceptors (Lipinski definition) is 7. The summed E-state index contributed by atoms with van der Waals surface area (Å²) in [4.78, 5) is 14.7. The number of nitrogens with one attached hydrogen (secondary N) is 1. The van der Waals surface area contributed by atoms with E-state index in [1.807, 2.05) is 25.1 Å². The van der Waals surface area contributed by atoms with Crippen LogP contribution in [0.2, 0.25) is 5.02 Å². The Morgan fingerprint density at radius 3 is 2.96 bits per heavy atom. The molecule has 0 unspecified atom stereocenters. The number of ether oxygens (including phenoxy) is 1. The predicted molar refractivity (Wildman–Crippen MR) is 98.3 cm³/mol. The van der Waals surface area contributed by atoms with Gasteiger partial charge in [-0.2, -0.15) is 0 Å². The van der Waals surface area contributed by atoms with E-state index in [0.717, 1.165) is 28.8 Å². The lowest BCUT2D eigenvalue weighted by atomic mass is 10.2. The molecule has 0 bridgehead atoms. The zero-order valence-electron chi connectivity index (χ0n) is 13.1. The average molecular weight is 385 g/mol. The molecule has 128 valence electrons. The Morgan fingerprint density at radius 1 is 1.46 bits per heavy atom. The number of halogens is 1. The number of anilines is 2. The van der Waals surface area contributed by atoms with E-state index < -0.39 is 0 Å². The van der Waals surface area contributed by atoms with Gasteiger partial charge >= 0.3 is 0 Å². The second kappa shape index (κ2) is 8.15. The normalized spacial score (nSPS) is 16.0. The lowest BCUT2D eigenvalue weighted by Gasteiger charge is -2.31. The van der Waals surface area contributed by atoms with Crippen LogP contribution in [-0.2, 0) is 9.53 Å². The minimum atomic E-state index is -0.283. The van der Waals surface area contributed by atoms with Gasteiger partial charge in [-0.25, -0.2) is 0 Å². The number of amides is 1. The van der Waals surface area contributed by atoms with Crippen molar-refractivity contribution in [2.75, 3.05) is 36.5 Å². The fourth-order valence-electron chi connectivity index (χ4n) is 2.38. The molecule has 1 aromatic heterocycles.